The zero-order chi connectivity index (χ0) is 13.1. The first kappa shape index (κ1) is 12.4. The van der Waals surface area contributed by atoms with Crippen LogP contribution in [-0.4, -0.2) is 28.3 Å². The van der Waals surface area contributed by atoms with Crippen LogP contribution in [0.1, 0.15) is 19.4 Å². The van der Waals surface area contributed by atoms with Crippen LogP contribution in [0, 0.1) is 6.92 Å². The Morgan fingerprint density at radius 2 is 2.00 bits per heavy atom. The van der Waals surface area contributed by atoms with E-state index in [1.165, 1.54) is 0 Å². The first-order valence-electron chi connectivity index (χ1n) is 6.05. The SMILES string of the molecule is CCN(CC)c1noc(-c2cccc(O)c2C)n1. The van der Waals surface area contributed by atoms with Gasteiger partial charge in [0.2, 0.25) is 0 Å². The highest BCUT2D eigenvalue weighted by molar-refractivity contribution is 5.62. The van der Waals surface area contributed by atoms with Gasteiger partial charge in [-0.15, -0.1) is 0 Å². The van der Waals surface area contributed by atoms with Crippen molar-refractivity contribution in [3.63, 3.8) is 0 Å². The summed E-state index contributed by atoms with van der Waals surface area (Å²) in [6, 6.07) is 5.26. The minimum atomic E-state index is 0.232. The molecule has 2 rings (SSSR count). The number of benzene rings is 1. The highest BCUT2D eigenvalue weighted by atomic mass is 16.5. The summed E-state index contributed by atoms with van der Waals surface area (Å²) < 4.78 is 5.26. The summed E-state index contributed by atoms with van der Waals surface area (Å²) in [5.74, 6) is 1.25. The summed E-state index contributed by atoms with van der Waals surface area (Å²) in [6.07, 6.45) is 0. The quantitative estimate of drug-likeness (QED) is 0.899. The molecular weight excluding hydrogens is 230 g/mol. The fourth-order valence-electron chi connectivity index (χ4n) is 1.82. The molecule has 1 heterocycles. The van der Waals surface area contributed by atoms with Gasteiger partial charge in [0.15, 0.2) is 0 Å². The zero-order valence-electron chi connectivity index (χ0n) is 10.8. The minimum absolute atomic E-state index is 0.232. The summed E-state index contributed by atoms with van der Waals surface area (Å²) in [5.41, 5.74) is 1.51. The van der Waals surface area contributed by atoms with Crippen molar-refractivity contribution in [2.24, 2.45) is 0 Å². The normalized spacial score (nSPS) is 10.6. The molecule has 18 heavy (non-hydrogen) atoms. The first-order valence-corrected chi connectivity index (χ1v) is 6.05. The molecule has 0 fully saturated rings. The molecule has 0 bridgehead atoms. The Bertz CT molecular complexity index is 533. The van der Waals surface area contributed by atoms with Crippen LogP contribution in [0.2, 0.25) is 0 Å². The number of anilines is 1. The fraction of sp³-hybridized carbons (Fsp3) is 0.385. The van der Waals surface area contributed by atoms with Gasteiger partial charge >= 0.3 is 0 Å². The number of phenolic OH excluding ortho intramolecular Hbond substituents is 1. The predicted molar refractivity (Wildman–Crippen MR) is 69.7 cm³/mol. The number of nitrogens with zero attached hydrogens (tertiary/aromatic N) is 3. The molecule has 0 aliphatic carbocycles. The Labute approximate surface area is 106 Å². The van der Waals surface area contributed by atoms with Gasteiger partial charge in [0.1, 0.15) is 5.75 Å². The van der Waals surface area contributed by atoms with Crippen LogP contribution < -0.4 is 4.90 Å². The Hall–Kier alpha value is -2.04. The lowest BCUT2D eigenvalue weighted by molar-refractivity contribution is 0.428. The Balaban J connectivity index is 2.38. The molecule has 0 saturated carbocycles. The van der Waals surface area contributed by atoms with Gasteiger partial charge in [-0.1, -0.05) is 6.07 Å². The van der Waals surface area contributed by atoms with Crippen LogP contribution in [0.15, 0.2) is 22.7 Å². The van der Waals surface area contributed by atoms with Crippen molar-refractivity contribution in [2.75, 3.05) is 18.0 Å². The molecule has 0 aliphatic heterocycles. The van der Waals surface area contributed by atoms with Gasteiger partial charge in [0, 0.05) is 24.2 Å². The van der Waals surface area contributed by atoms with Crippen LogP contribution >= 0.6 is 0 Å². The number of rotatable bonds is 4. The van der Waals surface area contributed by atoms with Gasteiger partial charge in [-0.05, 0) is 38.1 Å². The number of aromatic hydroxyl groups is 1. The molecule has 0 aliphatic rings. The molecule has 1 aromatic heterocycles. The molecule has 2 aromatic rings. The maximum absolute atomic E-state index is 9.67. The van der Waals surface area contributed by atoms with Gasteiger partial charge in [-0.25, -0.2) is 0 Å². The second kappa shape index (κ2) is 5.08. The lowest BCUT2D eigenvalue weighted by Gasteiger charge is -2.14. The molecule has 96 valence electrons. The molecule has 1 N–H and O–H groups in total. The van der Waals surface area contributed by atoms with E-state index in [4.69, 9.17) is 4.52 Å². The summed E-state index contributed by atoms with van der Waals surface area (Å²) in [4.78, 5) is 6.37. The Morgan fingerprint density at radius 1 is 1.28 bits per heavy atom. The topological polar surface area (TPSA) is 62.4 Å². The largest absolute Gasteiger partial charge is 0.508 e. The summed E-state index contributed by atoms with van der Waals surface area (Å²) in [5, 5.41) is 13.6. The second-order valence-electron chi connectivity index (χ2n) is 4.02. The Morgan fingerprint density at radius 3 is 2.67 bits per heavy atom. The summed E-state index contributed by atoms with van der Waals surface area (Å²) >= 11 is 0. The van der Waals surface area contributed by atoms with E-state index in [2.05, 4.69) is 10.1 Å². The van der Waals surface area contributed by atoms with Gasteiger partial charge in [0.05, 0.1) is 0 Å². The van der Waals surface area contributed by atoms with E-state index < -0.39 is 0 Å². The smallest absolute Gasteiger partial charge is 0.266 e. The lowest BCUT2D eigenvalue weighted by atomic mass is 10.1. The van der Waals surface area contributed by atoms with E-state index in [1.807, 2.05) is 31.7 Å². The van der Waals surface area contributed by atoms with Gasteiger partial charge < -0.3 is 14.5 Å². The molecule has 5 heteroatoms. The molecule has 1 aromatic carbocycles. The molecule has 0 saturated heterocycles. The van der Waals surface area contributed by atoms with Crippen LogP contribution in [-0.2, 0) is 0 Å². The second-order valence-corrected chi connectivity index (χ2v) is 4.02. The fourth-order valence-corrected chi connectivity index (χ4v) is 1.82. The van der Waals surface area contributed by atoms with Crippen molar-refractivity contribution in [3.05, 3.63) is 23.8 Å². The third-order valence-electron chi connectivity index (χ3n) is 3.00. The number of phenols is 1. The number of aromatic nitrogens is 2. The summed E-state index contributed by atoms with van der Waals surface area (Å²) in [7, 11) is 0. The predicted octanol–water partition coefficient (Wildman–Crippen LogP) is 2.60. The van der Waals surface area contributed by atoms with E-state index in [9.17, 15) is 5.11 Å². The molecule has 5 nitrogen and oxygen atoms in total. The molecular formula is C13H17N3O2. The molecule has 0 amide bonds. The maximum atomic E-state index is 9.67. The lowest BCUT2D eigenvalue weighted by Crippen LogP contribution is -2.22. The third kappa shape index (κ3) is 2.16. The van der Waals surface area contributed by atoms with E-state index in [-0.39, 0.29) is 5.75 Å². The summed E-state index contributed by atoms with van der Waals surface area (Å²) in [6.45, 7) is 7.56. The van der Waals surface area contributed by atoms with Crippen molar-refractivity contribution in [1.29, 1.82) is 0 Å². The highest BCUT2D eigenvalue weighted by Crippen LogP contribution is 2.28. The standard InChI is InChI=1S/C13H17N3O2/c1-4-16(5-2)13-14-12(18-15-13)10-7-6-8-11(17)9(10)3/h6-8,17H,4-5H2,1-3H3. The van der Waals surface area contributed by atoms with Crippen LogP contribution in [0.25, 0.3) is 11.5 Å². The van der Waals surface area contributed by atoms with Crippen molar-refractivity contribution >= 4 is 5.95 Å². The van der Waals surface area contributed by atoms with Crippen LogP contribution in [0.3, 0.4) is 0 Å². The van der Waals surface area contributed by atoms with E-state index in [1.54, 1.807) is 12.1 Å². The minimum Gasteiger partial charge on any atom is -0.508 e. The molecule has 0 unspecified atom stereocenters. The van der Waals surface area contributed by atoms with E-state index >= 15 is 0 Å². The molecule has 0 atom stereocenters. The third-order valence-corrected chi connectivity index (χ3v) is 3.00. The molecule has 0 spiro atoms. The van der Waals surface area contributed by atoms with Crippen molar-refractivity contribution in [3.8, 4) is 17.2 Å². The average molecular weight is 247 g/mol. The monoisotopic (exact) mass is 247 g/mol. The maximum Gasteiger partial charge on any atom is 0.266 e. The van der Waals surface area contributed by atoms with Gasteiger partial charge in [-0.3, -0.25) is 0 Å². The average Bonchev–Trinajstić information content (AvgIpc) is 2.84. The first-order chi connectivity index (χ1) is 8.67. The van der Waals surface area contributed by atoms with Crippen molar-refractivity contribution in [1.82, 2.24) is 10.1 Å². The van der Waals surface area contributed by atoms with Gasteiger partial charge in [-0.2, -0.15) is 4.98 Å². The van der Waals surface area contributed by atoms with E-state index in [0.29, 0.717) is 11.8 Å². The highest BCUT2D eigenvalue weighted by Gasteiger charge is 2.15. The van der Waals surface area contributed by atoms with Crippen LogP contribution in [0.4, 0.5) is 5.95 Å². The van der Waals surface area contributed by atoms with Crippen LogP contribution in [0.5, 0.6) is 5.75 Å². The van der Waals surface area contributed by atoms with Gasteiger partial charge in [0.25, 0.3) is 11.8 Å². The number of hydrogen-bond donors (Lipinski definition) is 1. The molecule has 0 radical (unpaired) electrons. The van der Waals surface area contributed by atoms with E-state index in [0.717, 1.165) is 24.2 Å². The van der Waals surface area contributed by atoms with Crippen molar-refractivity contribution < 1.29 is 9.63 Å². The zero-order valence-corrected chi connectivity index (χ0v) is 10.8. The number of hydrogen-bond acceptors (Lipinski definition) is 5. The Kier molecular flexibility index (Phi) is 3.50. The van der Waals surface area contributed by atoms with Crippen molar-refractivity contribution in [2.45, 2.75) is 20.8 Å².